The lowest BCUT2D eigenvalue weighted by atomic mass is 9.95. The third-order valence-corrected chi connectivity index (χ3v) is 9.20. The van der Waals surface area contributed by atoms with E-state index in [9.17, 15) is 40.5 Å². The smallest absolute Gasteiger partial charge is 0.434 e. The Labute approximate surface area is 285 Å². The molecular weight excluding hydrogens is 689 g/mol. The number of alkyl carbamates (subject to hydrolysis) is 1. The molecule has 50 heavy (non-hydrogen) atoms. The number of nitrogens with zero attached hydrogens (tertiary/aromatic N) is 5. The monoisotopic (exact) mass is 727 g/mol. The molecule has 18 heteroatoms. The van der Waals surface area contributed by atoms with Gasteiger partial charge in [0.15, 0.2) is 5.69 Å². The van der Waals surface area contributed by atoms with E-state index in [2.05, 4.69) is 25.1 Å². The number of rotatable bonds is 7. The second kappa shape index (κ2) is 14.3. The topological polar surface area (TPSA) is 148 Å². The summed E-state index contributed by atoms with van der Waals surface area (Å²) < 4.78 is 95.8. The summed E-state index contributed by atoms with van der Waals surface area (Å²) in [6.07, 6.45) is -3.32. The van der Waals surface area contributed by atoms with Gasteiger partial charge in [0, 0.05) is 67.1 Å². The van der Waals surface area contributed by atoms with Gasteiger partial charge in [0.1, 0.15) is 18.0 Å². The molecule has 0 spiro atoms. The van der Waals surface area contributed by atoms with Crippen LogP contribution in [0.2, 0.25) is 0 Å². The standard InChI is InChI=1S/C32H38F5N7O5S/c1-19-24(20-16-39-43(5)18-20)26(32(35,36)37)41-27(44-13-8-11-31(33,34)12-14-44)25(19)28(46)40-21-9-7-10-22(15-21)50(6,48)42-23(45)17-38-29(47)49-30(2,3)4/h7,9-10,15-16,18H,8,11-14,17H2,1-6H3,(H,38,47)(H,40,46)/t50-/m1/s1. The minimum Gasteiger partial charge on any atom is -0.444 e. The van der Waals surface area contributed by atoms with Crippen molar-refractivity contribution < 1.29 is 45.3 Å². The number of ether oxygens (including phenoxy) is 1. The van der Waals surface area contributed by atoms with Gasteiger partial charge in [0.25, 0.3) is 11.8 Å². The Morgan fingerprint density at radius 3 is 2.44 bits per heavy atom. The van der Waals surface area contributed by atoms with E-state index in [1.54, 1.807) is 20.8 Å². The number of anilines is 2. The van der Waals surface area contributed by atoms with Gasteiger partial charge >= 0.3 is 12.3 Å². The van der Waals surface area contributed by atoms with E-state index in [0.717, 1.165) is 0 Å². The average molecular weight is 728 g/mol. The molecule has 4 rings (SSSR count). The predicted octanol–water partition coefficient (Wildman–Crippen LogP) is 6.20. The van der Waals surface area contributed by atoms with E-state index in [4.69, 9.17) is 4.74 Å². The second-order valence-electron chi connectivity index (χ2n) is 12.9. The molecule has 12 nitrogen and oxygen atoms in total. The molecule has 0 saturated carbocycles. The maximum atomic E-state index is 14.5. The number of halogens is 5. The summed E-state index contributed by atoms with van der Waals surface area (Å²) in [5, 5.41) is 8.80. The van der Waals surface area contributed by atoms with Gasteiger partial charge in [-0.3, -0.25) is 14.3 Å². The van der Waals surface area contributed by atoms with Crippen LogP contribution in [0.1, 0.15) is 61.6 Å². The zero-order valence-electron chi connectivity index (χ0n) is 28.3. The summed E-state index contributed by atoms with van der Waals surface area (Å²) in [7, 11) is -1.91. The maximum absolute atomic E-state index is 14.5. The van der Waals surface area contributed by atoms with E-state index >= 15 is 0 Å². The lowest BCUT2D eigenvalue weighted by molar-refractivity contribution is -0.140. The number of hydrogen-bond donors (Lipinski definition) is 2. The third kappa shape index (κ3) is 9.54. The molecule has 1 fully saturated rings. The van der Waals surface area contributed by atoms with E-state index in [0.29, 0.717) is 0 Å². The van der Waals surface area contributed by atoms with Crippen molar-refractivity contribution in [2.45, 2.75) is 69.6 Å². The minimum atomic E-state index is -4.98. The van der Waals surface area contributed by atoms with Gasteiger partial charge in [-0.25, -0.2) is 22.8 Å². The van der Waals surface area contributed by atoms with Crippen LogP contribution in [0.5, 0.6) is 0 Å². The van der Waals surface area contributed by atoms with Gasteiger partial charge < -0.3 is 20.3 Å². The van der Waals surface area contributed by atoms with Crippen molar-refractivity contribution in [1.82, 2.24) is 20.1 Å². The molecule has 3 aromatic rings. The van der Waals surface area contributed by atoms with Crippen molar-refractivity contribution in [3.63, 3.8) is 0 Å². The van der Waals surface area contributed by atoms with E-state index in [-0.39, 0.29) is 46.8 Å². The lowest BCUT2D eigenvalue weighted by Gasteiger charge is -2.27. The Balaban J connectivity index is 1.73. The summed E-state index contributed by atoms with van der Waals surface area (Å²) in [5.74, 6) is -5.28. The molecule has 1 aliphatic heterocycles. The summed E-state index contributed by atoms with van der Waals surface area (Å²) in [6, 6.07) is 5.51. The van der Waals surface area contributed by atoms with Crippen LogP contribution in [0.25, 0.3) is 11.1 Å². The van der Waals surface area contributed by atoms with Crippen LogP contribution in [0.4, 0.5) is 38.3 Å². The molecule has 1 aliphatic rings. The summed E-state index contributed by atoms with van der Waals surface area (Å²) in [4.78, 5) is 43.6. The summed E-state index contributed by atoms with van der Waals surface area (Å²) in [5.41, 5.74) is -2.83. The molecule has 0 bridgehead atoms. The van der Waals surface area contributed by atoms with Crippen LogP contribution in [-0.2, 0) is 32.5 Å². The fourth-order valence-electron chi connectivity index (χ4n) is 5.32. The highest BCUT2D eigenvalue weighted by Gasteiger charge is 2.41. The number of benzene rings is 1. The average Bonchev–Trinajstić information content (AvgIpc) is 3.32. The van der Waals surface area contributed by atoms with Gasteiger partial charge in [-0.2, -0.15) is 22.6 Å². The Bertz CT molecular complexity index is 1910. The quantitative estimate of drug-likeness (QED) is 0.274. The Kier molecular flexibility index (Phi) is 10.9. The molecule has 1 aromatic carbocycles. The largest absolute Gasteiger partial charge is 0.444 e. The molecule has 2 N–H and O–H groups in total. The molecule has 272 valence electrons. The van der Waals surface area contributed by atoms with Crippen molar-refractivity contribution in [2.75, 3.05) is 36.1 Å². The van der Waals surface area contributed by atoms with Crippen LogP contribution in [0.3, 0.4) is 0 Å². The molecule has 1 atom stereocenters. The molecule has 2 aromatic heterocycles. The highest BCUT2D eigenvalue weighted by Crippen LogP contribution is 2.42. The number of carbonyl (C=O) groups excluding carboxylic acids is 3. The SMILES string of the molecule is Cc1c(C(=O)Nc2cccc([S@@](C)(=O)=NC(=O)CNC(=O)OC(C)(C)C)c2)c(N2CCCC(F)(F)CC2)nc(C(F)(F)F)c1-c1cnn(C)c1. The molecule has 1 saturated heterocycles. The zero-order valence-corrected chi connectivity index (χ0v) is 29.1. The summed E-state index contributed by atoms with van der Waals surface area (Å²) >= 11 is 0. The van der Waals surface area contributed by atoms with Crippen LogP contribution in [0, 0.1) is 6.92 Å². The zero-order chi connectivity index (χ0) is 37.2. The van der Waals surface area contributed by atoms with E-state index in [1.165, 1.54) is 66.5 Å². The maximum Gasteiger partial charge on any atom is 0.434 e. The minimum absolute atomic E-state index is 0.0224. The van der Waals surface area contributed by atoms with Crippen molar-refractivity contribution in [1.29, 1.82) is 0 Å². The van der Waals surface area contributed by atoms with Crippen molar-refractivity contribution in [3.05, 3.63) is 53.5 Å². The van der Waals surface area contributed by atoms with Crippen molar-refractivity contribution >= 4 is 39.1 Å². The van der Waals surface area contributed by atoms with Gasteiger partial charge in [0.05, 0.1) is 21.5 Å². The molecule has 0 aliphatic carbocycles. The molecule has 3 heterocycles. The first-order valence-corrected chi connectivity index (χ1v) is 17.4. The highest BCUT2D eigenvalue weighted by atomic mass is 32.2. The number of nitrogens with one attached hydrogen (secondary N) is 2. The Morgan fingerprint density at radius 1 is 1.12 bits per heavy atom. The van der Waals surface area contributed by atoms with E-state index < -0.39 is 81.8 Å². The number of carbonyl (C=O) groups is 3. The number of hydrogen-bond acceptors (Lipinski definition) is 8. The van der Waals surface area contributed by atoms with E-state index in [1.807, 2.05) is 0 Å². The molecule has 0 unspecified atom stereocenters. The van der Waals surface area contributed by atoms with Gasteiger partial charge in [-0.05, 0) is 57.9 Å². The summed E-state index contributed by atoms with van der Waals surface area (Å²) in [6.45, 7) is 5.20. The molecular formula is C32H38F5N7O5S. The number of amides is 3. The first-order chi connectivity index (χ1) is 23.1. The Morgan fingerprint density at radius 2 is 1.82 bits per heavy atom. The van der Waals surface area contributed by atoms with Gasteiger partial charge in [0.2, 0.25) is 5.92 Å². The van der Waals surface area contributed by atoms with Crippen LogP contribution in [0.15, 0.2) is 45.9 Å². The fourth-order valence-corrected chi connectivity index (χ4v) is 6.55. The third-order valence-electron chi connectivity index (χ3n) is 7.52. The lowest BCUT2D eigenvalue weighted by Crippen LogP contribution is -2.35. The van der Waals surface area contributed by atoms with Crippen molar-refractivity contribution in [2.24, 2.45) is 11.4 Å². The fraction of sp³-hybridized carbons (Fsp3) is 0.469. The van der Waals surface area contributed by atoms with Crippen LogP contribution < -0.4 is 15.5 Å². The Hall–Kier alpha value is -4.61. The highest BCUT2D eigenvalue weighted by molar-refractivity contribution is 7.93. The number of pyridine rings is 1. The van der Waals surface area contributed by atoms with Gasteiger partial charge in [-0.1, -0.05) is 6.07 Å². The van der Waals surface area contributed by atoms with Crippen LogP contribution >= 0.6 is 0 Å². The van der Waals surface area contributed by atoms with Gasteiger partial charge in [-0.15, -0.1) is 0 Å². The first-order valence-electron chi connectivity index (χ1n) is 15.4. The second-order valence-corrected chi connectivity index (χ2v) is 15.1. The number of aryl methyl sites for hydroxylation is 1. The van der Waals surface area contributed by atoms with Crippen LogP contribution in [-0.4, -0.2) is 74.3 Å². The van der Waals surface area contributed by atoms with Crippen molar-refractivity contribution in [3.8, 4) is 11.1 Å². The predicted molar refractivity (Wildman–Crippen MR) is 176 cm³/mol. The molecule has 3 amide bonds. The molecule has 0 radical (unpaired) electrons. The first kappa shape index (κ1) is 38.2. The number of alkyl halides is 5. The number of aromatic nitrogens is 3. The normalized spacial score (nSPS) is 16.2.